The van der Waals surface area contributed by atoms with E-state index in [1.807, 2.05) is 20.8 Å². The van der Waals surface area contributed by atoms with Crippen LogP contribution in [0.2, 0.25) is 0 Å². The SMILES string of the molecule is CCO[Si](OCC)(OCC)c1ccc(CN2C=CN(c3c(C)cc(C)cc3C)C2)cc1. The topological polar surface area (TPSA) is 34.2 Å². The van der Waals surface area contributed by atoms with Crippen molar-refractivity contribution in [1.82, 2.24) is 4.90 Å². The number of benzene rings is 2. The Morgan fingerprint density at radius 2 is 1.35 bits per heavy atom. The number of aryl methyl sites for hydroxylation is 3. The zero-order chi connectivity index (χ0) is 22.4. The van der Waals surface area contributed by atoms with Crippen molar-refractivity contribution in [2.24, 2.45) is 0 Å². The summed E-state index contributed by atoms with van der Waals surface area (Å²) in [6.45, 7) is 15.9. The lowest BCUT2D eigenvalue weighted by Crippen LogP contribution is -2.56. The summed E-state index contributed by atoms with van der Waals surface area (Å²) in [5.74, 6) is 0. The fraction of sp³-hybridized carbons (Fsp3) is 0.440. The molecule has 1 aliphatic heterocycles. The van der Waals surface area contributed by atoms with Gasteiger partial charge in [0.05, 0.1) is 6.67 Å². The third kappa shape index (κ3) is 5.38. The molecular weight excluding hydrogens is 404 g/mol. The van der Waals surface area contributed by atoms with E-state index in [0.717, 1.165) is 18.4 Å². The van der Waals surface area contributed by atoms with Crippen molar-refractivity contribution in [2.75, 3.05) is 31.4 Å². The average molecular weight is 441 g/mol. The number of rotatable bonds is 10. The van der Waals surface area contributed by atoms with E-state index in [0.29, 0.717) is 19.8 Å². The predicted molar refractivity (Wildman–Crippen MR) is 129 cm³/mol. The van der Waals surface area contributed by atoms with Gasteiger partial charge in [-0.1, -0.05) is 42.0 Å². The molecule has 1 aliphatic rings. The highest BCUT2D eigenvalue weighted by Gasteiger charge is 2.43. The van der Waals surface area contributed by atoms with Gasteiger partial charge in [0.25, 0.3) is 0 Å². The third-order valence-electron chi connectivity index (χ3n) is 5.41. The predicted octanol–water partition coefficient (Wildman–Crippen LogP) is 4.62. The van der Waals surface area contributed by atoms with Gasteiger partial charge >= 0.3 is 8.80 Å². The molecule has 0 unspecified atom stereocenters. The fourth-order valence-corrected chi connectivity index (χ4v) is 6.80. The van der Waals surface area contributed by atoms with Gasteiger partial charge in [0.1, 0.15) is 0 Å². The summed E-state index contributed by atoms with van der Waals surface area (Å²) in [5.41, 5.74) is 6.50. The molecular formula is C25H36N2O3Si. The lowest BCUT2D eigenvalue weighted by atomic mass is 10.0. The standard InChI is InChI=1S/C25H36N2O3Si/c1-7-28-31(29-8-2,30-9-3)24-12-10-23(11-13-24)18-26-14-15-27(19-26)25-21(5)16-20(4)17-22(25)6/h10-17H,7-9,18-19H2,1-6H3. The zero-order valence-electron chi connectivity index (χ0n) is 19.8. The first-order valence-electron chi connectivity index (χ1n) is 11.2. The van der Waals surface area contributed by atoms with Crippen LogP contribution in [0.3, 0.4) is 0 Å². The minimum absolute atomic E-state index is 0.570. The first kappa shape index (κ1) is 23.5. The van der Waals surface area contributed by atoms with E-state index in [-0.39, 0.29) is 0 Å². The molecule has 2 aromatic rings. The average Bonchev–Trinajstić information content (AvgIpc) is 3.16. The monoisotopic (exact) mass is 440 g/mol. The Bertz CT molecular complexity index is 858. The summed E-state index contributed by atoms with van der Waals surface area (Å²) in [4.78, 5) is 4.65. The molecule has 0 radical (unpaired) electrons. The minimum atomic E-state index is -2.85. The normalized spacial score (nSPS) is 14.0. The molecule has 1 heterocycles. The van der Waals surface area contributed by atoms with Crippen LogP contribution >= 0.6 is 0 Å². The second kappa shape index (κ2) is 10.5. The molecule has 0 fully saturated rings. The Labute approximate surface area is 188 Å². The molecule has 0 saturated heterocycles. The van der Waals surface area contributed by atoms with E-state index in [1.54, 1.807) is 0 Å². The first-order chi connectivity index (χ1) is 14.9. The van der Waals surface area contributed by atoms with E-state index < -0.39 is 8.80 Å². The molecule has 0 saturated carbocycles. The minimum Gasteiger partial charge on any atom is -0.370 e. The van der Waals surface area contributed by atoms with Crippen LogP contribution in [-0.4, -0.2) is 40.2 Å². The van der Waals surface area contributed by atoms with Gasteiger partial charge < -0.3 is 23.1 Å². The molecule has 0 bridgehead atoms. The molecule has 31 heavy (non-hydrogen) atoms. The number of hydrogen-bond acceptors (Lipinski definition) is 5. The maximum Gasteiger partial charge on any atom is 0.537 e. The van der Waals surface area contributed by atoms with Gasteiger partial charge in [-0.3, -0.25) is 0 Å². The van der Waals surface area contributed by atoms with Gasteiger partial charge in [-0.05, 0) is 58.2 Å². The molecule has 0 N–H and O–H groups in total. The highest BCUT2D eigenvalue weighted by atomic mass is 28.4. The molecule has 168 valence electrons. The summed E-state index contributed by atoms with van der Waals surface area (Å²) >= 11 is 0. The summed E-state index contributed by atoms with van der Waals surface area (Å²) in [6.07, 6.45) is 4.35. The second-order valence-corrected chi connectivity index (χ2v) is 10.5. The van der Waals surface area contributed by atoms with Crippen molar-refractivity contribution in [1.29, 1.82) is 0 Å². The molecule has 2 aromatic carbocycles. The summed E-state index contributed by atoms with van der Waals surface area (Å²) in [6, 6.07) is 13.0. The highest BCUT2D eigenvalue weighted by Crippen LogP contribution is 2.29. The quantitative estimate of drug-likeness (QED) is 0.504. The second-order valence-electron chi connectivity index (χ2n) is 7.96. The van der Waals surface area contributed by atoms with Gasteiger partial charge in [-0.2, -0.15) is 0 Å². The summed E-state index contributed by atoms with van der Waals surface area (Å²) in [5, 5.41) is 1.02. The van der Waals surface area contributed by atoms with Crippen LogP contribution in [0, 0.1) is 20.8 Å². The van der Waals surface area contributed by atoms with Crippen LogP contribution < -0.4 is 10.1 Å². The van der Waals surface area contributed by atoms with Crippen LogP contribution in [0.5, 0.6) is 0 Å². The van der Waals surface area contributed by atoms with E-state index in [9.17, 15) is 0 Å². The van der Waals surface area contributed by atoms with Crippen molar-refractivity contribution in [3.05, 3.63) is 71.1 Å². The van der Waals surface area contributed by atoms with E-state index in [1.165, 1.54) is 27.9 Å². The van der Waals surface area contributed by atoms with Gasteiger partial charge in [-0.25, -0.2) is 0 Å². The van der Waals surface area contributed by atoms with Crippen molar-refractivity contribution < 1.29 is 13.3 Å². The van der Waals surface area contributed by atoms with Crippen LogP contribution in [0.25, 0.3) is 0 Å². The van der Waals surface area contributed by atoms with Crippen molar-refractivity contribution in [3.8, 4) is 0 Å². The number of anilines is 1. The number of nitrogens with zero attached hydrogens (tertiary/aromatic N) is 2. The summed E-state index contributed by atoms with van der Waals surface area (Å²) in [7, 11) is -2.85. The Balaban J connectivity index is 1.70. The maximum absolute atomic E-state index is 6.03. The van der Waals surface area contributed by atoms with Crippen molar-refractivity contribution in [2.45, 2.75) is 48.1 Å². The van der Waals surface area contributed by atoms with Crippen LogP contribution in [-0.2, 0) is 19.8 Å². The van der Waals surface area contributed by atoms with E-state index >= 15 is 0 Å². The molecule has 3 rings (SSSR count). The van der Waals surface area contributed by atoms with Crippen LogP contribution in [0.1, 0.15) is 43.0 Å². The first-order valence-corrected chi connectivity index (χ1v) is 12.9. The Morgan fingerprint density at radius 3 is 1.87 bits per heavy atom. The molecule has 0 aliphatic carbocycles. The largest absolute Gasteiger partial charge is 0.537 e. The molecule has 6 heteroatoms. The molecule has 5 nitrogen and oxygen atoms in total. The van der Waals surface area contributed by atoms with Gasteiger partial charge in [0.2, 0.25) is 0 Å². The molecule has 0 spiro atoms. The van der Waals surface area contributed by atoms with Crippen LogP contribution in [0.15, 0.2) is 48.8 Å². The summed E-state index contributed by atoms with van der Waals surface area (Å²) < 4.78 is 18.1. The van der Waals surface area contributed by atoms with Crippen molar-refractivity contribution in [3.63, 3.8) is 0 Å². The van der Waals surface area contributed by atoms with E-state index in [4.69, 9.17) is 13.3 Å². The number of hydrogen-bond donors (Lipinski definition) is 0. The Hall–Kier alpha value is -2.12. The molecule has 0 atom stereocenters. The third-order valence-corrected chi connectivity index (χ3v) is 8.46. The van der Waals surface area contributed by atoms with Crippen LogP contribution in [0.4, 0.5) is 5.69 Å². The van der Waals surface area contributed by atoms with Crippen molar-refractivity contribution >= 4 is 19.7 Å². The molecule has 0 aromatic heterocycles. The smallest absolute Gasteiger partial charge is 0.370 e. The lowest BCUT2D eigenvalue weighted by Gasteiger charge is -2.29. The molecule has 0 amide bonds. The lowest BCUT2D eigenvalue weighted by molar-refractivity contribution is 0.0859. The Morgan fingerprint density at radius 1 is 0.806 bits per heavy atom. The highest BCUT2D eigenvalue weighted by molar-refractivity contribution is 6.75. The Kier molecular flexibility index (Phi) is 7.94. The van der Waals surface area contributed by atoms with Gasteiger partial charge in [-0.15, -0.1) is 0 Å². The zero-order valence-corrected chi connectivity index (χ0v) is 20.8. The maximum atomic E-state index is 6.03. The van der Waals surface area contributed by atoms with Gasteiger partial charge in [0, 0.05) is 49.6 Å². The van der Waals surface area contributed by atoms with E-state index in [2.05, 4.69) is 79.4 Å². The van der Waals surface area contributed by atoms with Gasteiger partial charge in [0.15, 0.2) is 0 Å². The fourth-order valence-electron chi connectivity index (χ4n) is 4.33.